The first-order chi connectivity index (χ1) is 13.2. The van der Waals surface area contributed by atoms with Crippen LogP contribution in [0.2, 0.25) is 0 Å². The van der Waals surface area contributed by atoms with Crippen molar-refractivity contribution in [2.75, 3.05) is 5.32 Å². The number of halogens is 1. The normalized spacial score (nSPS) is 12.0. The predicted octanol–water partition coefficient (Wildman–Crippen LogP) is 3.62. The summed E-state index contributed by atoms with van der Waals surface area (Å²) in [5.74, 6) is 0.000948. The molecule has 28 heavy (non-hydrogen) atoms. The van der Waals surface area contributed by atoms with Gasteiger partial charge < -0.3 is 5.32 Å². The SMILES string of the molecule is Cc1ccc(Cn2cc(Br)c(NC(=O)C(C)n3cc([N+](=O)[O-])c(C)n3)n2)cc1. The summed E-state index contributed by atoms with van der Waals surface area (Å²) in [5.41, 5.74) is 2.41. The van der Waals surface area contributed by atoms with E-state index in [0.29, 0.717) is 16.8 Å². The lowest BCUT2D eigenvalue weighted by Gasteiger charge is -2.11. The van der Waals surface area contributed by atoms with Gasteiger partial charge in [-0.05, 0) is 42.3 Å². The molecule has 3 aromatic rings. The van der Waals surface area contributed by atoms with E-state index in [-0.39, 0.29) is 17.3 Å². The van der Waals surface area contributed by atoms with Crippen LogP contribution in [0.25, 0.3) is 0 Å². The van der Waals surface area contributed by atoms with Crippen molar-refractivity contribution in [3.8, 4) is 0 Å². The van der Waals surface area contributed by atoms with E-state index >= 15 is 0 Å². The maximum Gasteiger partial charge on any atom is 0.309 e. The number of carbonyl (C=O) groups excluding carboxylic acids is 1. The molecule has 2 aromatic heterocycles. The quantitative estimate of drug-likeness (QED) is 0.459. The number of benzene rings is 1. The lowest BCUT2D eigenvalue weighted by Crippen LogP contribution is -2.24. The molecule has 0 aliphatic heterocycles. The third-order valence-electron chi connectivity index (χ3n) is 4.29. The fraction of sp³-hybridized carbons (Fsp3) is 0.278. The van der Waals surface area contributed by atoms with Crippen molar-refractivity contribution in [3.05, 3.63) is 68.1 Å². The Morgan fingerprint density at radius 3 is 2.54 bits per heavy atom. The first-order valence-corrected chi connectivity index (χ1v) is 9.33. The zero-order chi connectivity index (χ0) is 20.4. The van der Waals surface area contributed by atoms with Crippen LogP contribution in [0.1, 0.15) is 29.8 Å². The number of nitrogens with one attached hydrogen (secondary N) is 1. The van der Waals surface area contributed by atoms with E-state index in [9.17, 15) is 14.9 Å². The highest BCUT2D eigenvalue weighted by molar-refractivity contribution is 9.10. The molecule has 3 rings (SSSR count). The van der Waals surface area contributed by atoms with Gasteiger partial charge in [0.25, 0.3) is 0 Å². The molecule has 0 aliphatic rings. The first kappa shape index (κ1) is 19.7. The molecular weight excluding hydrogens is 428 g/mol. The molecule has 0 saturated carbocycles. The van der Waals surface area contributed by atoms with Crippen molar-refractivity contribution in [2.24, 2.45) is 0 Å². The van der Waals surface area contributed by atoms with Crippen LogP contribution < -0.4 is 5.32 Å². The van der Waals surface area contributed by atoms with Gasteiger partial charge >= 0.3 is 5.69 Å². The summed E-state index contributed by atoms with van der Waals surface area (Å²) >= 11 is 3.40. The van der Waals surface area contributed by atoms with E-state index in [4.69, 9.17) is 0 Å². The fourth-order valence-electron chi connectivity index (χ4n) is 2.63. The van der Waals surface area contributed by atoms with Crippen LogP contribution in [0, 0.1) is 24.0 Å². The van der Waals surface area contributed by atoms with Crippen molar-refractivity contribution in [2.45, 2.75) is 33.4 Å². The van der Waals surface area contributed by atoms with E-state index in [2.05, 4.69) is 31.4 Å². The molecule has 10 heteroatoms. The largest absolute Gasteiger partial charge is 0.309 e. The molecule has 0 bridgehead atoms. The Bertz CT molecular complexity index is 1020. The van der Waals surface area contributed by atoms with Gasteiger partial charge in [-0.1, -0.05) is 29.8 Å². The molecule has 1 aromatic carbocycles. The first-order valence-electron chi connectivity index (χ1n) is 8.54. The smallest absolute Gasteiger partial charge is 0.306 e. The number of hydrogen-bond acceptors (Lipinski definition) is 5. The molecule has 0 radical (unpaired) electrons. The zero-order valence-corrected chi connectivity index (χ0v) is 17.2. The highest BCUT2D eigenvalue weighted by Gasteiger charge is 2.23. The molecule has 0 aliphatic carbocycles. The number of carbonyl (C=O) groups is 1. The average Bonchev–Trinajstić information content (AvgIpc) is 3.19. The highest BCUT2D eigenvalue weighted by Crippen LogP contribution is 2.23. The van der Waals surface area contributed by atoms with Crippen LogP contribution in [0.15, 0.2) is 41.1 Å². The standard InChI is InChI=1S/C18H19BrN6O3/c1-11-4-6-14(7-5-11)8-23-9-15(19)17(22-23)20-18(26)13(3)24-10-16(25(27)28)12(2)21-24/h4-7,9-10,13H,8H2,1-3H3,(H,20,22,26). The summed E-state index contributed by atoms with van der Waals surface area (Å²) in [4.78, 5) is 23.0. The summed E-state index contributed by atoms with van der Waals surface area (Å²) in [7, 11) is 0. The van der Waals surface area contributed by atoms with Gasteiger partial charge in [-0.25, -0.2) is 0 Å². The highest BCUT2D eigenvalue weighted by atomic mass is 79.9. The molecular formula is C18H19BrN6O3. The van der Waals surface area contributed by atoms with Crippen molar-refractivity contribution < 1.29 is 9.72 Å². The Balaban J connectivity index is 1.71. The molecule has 0 saturated heterocycles. The molecule has 1 unspecified atom stereocenters. The van der Waals surface area contributed by atoms with Crippen molar-refractivity contribution in [3.63, 3.8) is 0 Å². The Kier molecular flexibility index (Phi) is 5.59. The topological polar surface area (TPSA) is 108 Å². The summed E-state index contributed by atoms with van der Waals surface area (Å²) in [6.07, 6.45) is 3.04. The monoisotopic (exact) mass is 446 g/mol. The van der Waals surface area contributed by atoms with E-state index in [1.165, 1.54) is 23.4 Å². The van der Waals surface area contributed by atoms with Crippen LogP contribution in [-0.4, -0.2) is 30.4 Å². The molecule has 9 nitrogen and oxygen atoms in total. The molecule has 0 fully saturated rings. The minimum atomic E-state index is -0.735. The summed E-state index contributed by atoms with van der Waals surface area (Å²) in [5, 5.41) is 22.2. The molecule has 2 heterocycles. The van der Waals surface area contributed by atoms with Gasteiger partial charge in [0.2, 0.25) is 5.91 Å². The maximum atomic E-state index is 12.5. The van der Waals surface area contributed by atoms with E-state index in [1.54, 1.807) is 17.8 Å². The number of amides is 1. The van der Waals surface area contributed by atoms with E-state index in [0.717, 1.165) is 5.56 Å². The molecule has 1 atom stereocenters. The molecule has 0 spiro atoms. The second-order valence-corrected chi connectivity index (χ2v) is 7.37. The molecule has 1 N–H and O–H groups in total. The fourth-order valence-corrected chi connectivity index (χ4v) is 3.05. The van der Waals surface area contributed by atoms with Gasteiger partial charge in [-0.3, -0.25) is 24.3 Å². The molecule has 146 valence electrons. The Hall–Kier alpha value is -3.01. The van der Waals surface area contributed by atoms with Gasteiger partial charge in [-0.2, -0.15) is 10.2 Å². The lowest BCUT2D eigenvalue weighted by molar-refractivity contribution is -0.385. The van der Waals surface area contributed by atoms with Crippen molar-refractivity contribution in [1.29, 1.82) is 0 Å². The third-order valence-corrected chi connectivity index (χ3v) is 4.87. The minimum Gasteiger partial charge on any atom is -0.306 e. The lowest BCUT2D eigenvalue weighted by atomic mass is 10.1. The molecule has 1 amide bonds. The average molecular weight is 447 g/mol. The number of nitro groups is 1. The van der Waals surface area contributed by atoms with Crippen LogP contribution in [-0.2, 0) is 11.3 Å². The van der Waals surface area contributed by atoms with Crippen LogP contribution in [0.5, 0.6) is 0 Å². The number of anilines is 1. The number of aryl methyl sites for hydroxylation is 2. The van der Waals surface area contributed by atoms with Gasteiger partial charge in [0.05, 0.1) is 15.9 Å². The van der Waals surface area contributed by atoms with E-state index < -0.39 is 11.0 Å². The number of nitrogens with zero attached hydrogens (tertiary/aromatic N) is 5. The van der Waals surface area contributed by atoms with Crippen LogP contribution in [0.4, 0.5) is 11.5 Å². The predicted molar refractivity (Wildman–Crippen MR) is 107 cm³/mol. The number of rotatable bonds is 6. The summed E-state index contributed by atoms with van der Waals surface area (Å²) < 4.78 is 3.64. The zero-order valence-electron chi connectivity index (χ0n) is 15.6. The van der Waals surface area contributed by atoms with Gasteiger partial charge in [-0.15, -0.1) is 0 Å². The van der Waals surface area contributed by atoms with Crippen LogP contribution in [0.3, 0.4) is 0 Å². The third kappa shape index (κ3) is 4.28. The Morgan fingerprint density at radius 1 is 1.25 bits per heavy atom. The number of aromatic nitrogens is 4. The van der Waals surface area contributed by atoms with Gasteiger partial charge in [0.15, 0.2) is 5.82 Å². The second kappa shape index (κ2) is 7.93. The maximum absolute atomic E-state index is 12.5. The van der Waals surface area contributed by atoms with Gasteiger partial charge in [0, 0.05) is 6.20 Å². The minimum absolute atomic E-state index is 0.122. The second-order valence-electron chi connectivity index (χ2n) is 6.51. The Labute approximate surface area is 169 Å². The summed E-state index contributed by atoms with van der Waals surface area (Å²) in [6.45, 7) is 5.74. The van der Waals surface area contributed by atoms with Crippen LogP contribution >= 0.6 is 15.9 Å². The Morgan fingerprint density at radius 2 is 1.93 bits per heavy atom. The van der Waals surface area contributed by atoms with E-state index in [1.807, 2.05) is 31.2 Å². The number of hydrogen-bond donors (Lipinski definition) is 1. The summed E-state index contributed by atoms with van der Waals surface area (Å²) in [6, 6.07) is 7.38. The van der Waals surface area contributed by atoms with Crippen molar-refractivity contribution >= 4 is 33.3 Å². The van der Waals surface area contributed by atoms with Crippen molar-refractivity contribution in [1.82, 2.24) is 19.6 Å². The van der Waals surface area contributed by atoms with Gasteiger partial charge in [0.1, 0.15) is 17.9 Å².